The quantitative estimate of drug-likeness (QED) is 0.303. The van der Waals surface area contributed by atoms with E-state index in [1.807, 2.05) is 0 Å². The molecule has 0 saturated heterocycles. The van der Waals surface area contributed by atoms with E-state index < -0.39 is 8.07 Å². The molecule has 0 aliphatic heterocycles. The van der Waals surface area contributed by atoms with Gasteiger partial charge < -0.3 is 0 Å². The standard InChI is InChI=1S/C7H12OSi.5CO.Cr/c1-8-6-5-7-9(2,3)4;5*1-2;/h1-4H3;;;;;;. The molecule has 0 spiro atoms. The minimum absolute atomic E-state index is 0.683. The van der Waals surface area contributed by atoms with Gasteiger partial charge in [0.1, 0.15) is 0 Å². The molecule has 0 amide bonds. The second-order valence-corrected chi connectivity index (χ2v) is 8.32. The molecule has 0 N–H and O–H groups in total. The summed E-state index contributed by atoms with van der Waals surface area (Å²) in [5.74, 6) is 2.92. The summed E-state index contributed by atoms with van der Waals surface area (Å²) >= 11 is 2.74. The van der Waals surface area contributed by atoms with Crippen LogP contribution < -0.4 is 0 Å². The normalized spacial score (nSPS) is 5.50. The van der Waals surface area contributed by atoms with E-state index in [2.05, 4.69) is 80.2 Å². The maximum atomic E-state index is 7.50. The zero-order valence-electron chi connectivity index (χ0n) is 11.4. The van der Waals surface area contributed by atoms with Crippen molar-refractivity contribution in [1.29, 1.82) is 0 Å². The van der Waals surface area contributed by atoms with Gasteiger partial charge in [-0.25, -0.2) is 0 Å². The van der Waals surface area contributed by atoms with Gasteiger partial charge in [-0.2, -0.15) is 0 Å². The molecule has 8 heteroatoms. The molecule has 0 aromatic carbocycles. The van der Waals surface area contributed by atoms with E-state index in [1.165, 1.54) is 0 Å². The molecular weight excluding hydrogens is 320 g/mol. The van der Waals surface area contributed by atoms with E-state index >= 15 is 0 Å². The molecule has 0 heterocycles. The van der Waals surface area contributed by atoms with Crippen molar-refractivity contribution in [2.75, 3.05) is 7.11 Å². The van der Waals surface area contributed by atoms with Crippen LogP contribution in [0.15, 0.2) is 0 Å². The molecule has 0 radical (unpaired) electrons. The molecule has 0 atom stereocenters. The van der Waals surface area contributed by atoms with Gasteiger partial charge >= 0.3 is 128 Å². The molecule has 0 aliphatic carbocycles. The molecule has 0 fully saturated rings. The van der Waals surface area contributed by atoms with Crippen molar-refractivity contribution in [3.8, 4) is 11.5 Å². The van der Waals surface area contributed by atoms with Crippen LogP contribution in [0.25, 0.3) is 0 Å². The van der Waals surface area contributed by atoms with Crippen molar-refractivity contribution < 1.29 is 43.8 Å². The predicted octanol–water partition coefficient (Wildman–Crippen LogP) is 1.00. The Morgan fingerprint density at radius 2 is 1.10 bits per heavy atom. The zero-order chi connectivity index (χ0) is 18.2. The average molecular weight is 332 g/mol. The summed E-state index contributed by atoms with van der Waals surface area (Å²) in [7, 11) is 0.398. The Hall–Kier alpha value is -1.16. The van der Waals surface area contributed by atoms with E-state index in [4.69, 9.17) is 28.0 Å². The third-order valence-corrected chi connectivity index (χ3v) is 2.02. The van der Waals surface area contributed by atoms with Crippen LogP contribution in [0.4, 0.5) is 0 Å². The van der Waals surface area contributed by atoms with Gasteiger partial charge in [-0.1, -0.05) is 0 Å². The Morgan fingerprint density at radius 3 is 1.25 bits per heavy atom. The number of methoxy groups -OCH3 is 1. The van der Waals surface area contributed by atoms with Gasteiger partial charge in [-0.05, 0) is 0 Å². The predicted molar refractivity (Wildman–Crippen MR) is 62.8 cm³/mol. The first-order valence-electron chi connectivity index (χ1n) is 4.09. The fourth-order valence-electron chi connectivity index (χ4n) is 0.290. The van der Waals surface area contributed by atoms with Gasteiger partial charge in [0.15, 0.2) is 0 Å². The summed E-state index contributed by atoms with van der Waals surface area (Å²) in [6.07, 6.45) is 0. The monoisotopic (exact) mass is 332 g/mol. The van der Waals surface area contributed by atoms with E-state index in [0.717, 1.165) is 0 Å². The van der Waals surface area contributed by atoms with Crippen molar-refractivity contribution in [2.24, 2.45) is 0 Å². The summed E-state index contributed by atoms with van der Waals surface area (Å²) in [6.45, 7) is 29.1. The number of rotatable bonds is 1. The van der Waals surface area contributed by atoms with Crippen LogP contribution in [0.1, 0.15) is 0 Å². The average Bonchev–Trinajstić information content (AvgIpc) is 2.54. The van der Waals surface area contributed by atoms with Gasteiger partial charge in [-0.3, -0.25) is 0 Å². The third kappa shape index (κ3) is 90.3. The van der Waals surface area contributed by atoms with Crippen LogP contribution in [0.5, 0.6) is 0 Å². The third-order valence-electron chi connectivity index (χ3n) is 0.725. The van der Waals surface area contributed by atoms with E-state index in [0.29, 0.717) is 4.57 Å². The van der Waals surface area contributed by atoms with Crippen LogP contribution in [0.2, 0.25) is 19.6 Å². The SMILES string of the molecule is CO[C](=[Cr])C#C[Si](C)(C)C.[C-]#[O+].[C-]#[O+].[C-]#[O+].[C-]#[O+].[C-]#[O+]. The van der Waals surface area contributed by atoms with Crippen molar-refractivity contribution in [3.63, 3.8) is 0 Å². The molecule has 6 nitrogen and oxygen atoms in total. The zero-order valence-corrected chi connectivity index (χ0v) is 13.6. The Bertz CT molecular complexity index is 327. The second kappa shape index (κ2) is 43.1. The fraction of sp³-hybridized carbons (Fsp3) is 0.333. The Kier molecular flexibility index (Phi) is 78.3. The molecule has 0 aliphatic rings. The molecule has 0 bridgehead atoms. The summed E-state index contributed by atoms with van der Waals surface area (Å²) in [6, 6.07) is 0. The Morgan fingerprint density at radius 1 is 0.850 bits per heavy atom. The number of hydrogen-bond donors (Lipinski definition) is 0. The van der Waals surface area contributed by atoms with Crippen LogP contribution in [0.3, 0.4) is 0 Å². The first kappa shape index (κ1) is 36.4. The number of ether oxygens (including phenoxy) is 1. The summed E-state index contributed by atoms with van der Waals surface area (Å²) in [4.78, 5) is 0. The first-order valence-corrected chi connectivity index (χ1v) is 8.22. The molecule has 106 valence electrons. The topological polar surface area (TPSA) is 109 Å². The van der Waals surface area contributed by atoms with Crippen LogP contribution >= 0.6 is 0 Å². The molecule has 0 unspecified atom stereocenters. The van der Waals surface area contributed by atoms with Crippen molar-refractivity contribution in [2.45, 2.75) is 19.6 Å². The van der Waals surface area contributed by atoms with Crippen molar-refractivity contribution >= 4 is 12.6 Å². The van der Waals surface area contributed by atoms with Crippen molar-refractivity contribution in [3.05, 3.63) is 33.3 Å². The Labute approximate surface area is 128 Å². The van der Waals surface area contributed by atoms with Crippen LogP contribution in [0, 0.1) is 44.7 Å². The van der Waals surface area contributed by atoms with E-state index in [1.54, 1.807) is 7.11 Å². The fourth-order valence-corrected chi connectivity index (χ4v) is 1.01. The molecule has 0 rings (SSSR count). The van der Waals surface area contributed by atoms with Gasteiger partial charge in [-0.15, -0.1) is 0 Å². The molecule has 20 heavy (non-hydrogen) atoms. The summed E-state index contributed by atoms with van der Waals surface area (Å²) in [5.41, 5.74) is 3.17. The van der Waals surface area contributed by atoms with Gasteiger partial charge in [0.25, 0.3) is 0 Å². The van der Waals surface area contributed by atoms with Gasteiger partial charge in [0, 0.05) is 0 Å². The van der Waals surface area contributed by atoms with Gasteiger partial charge in [0.2, 0.25) is 0 Å². The second-order valence-electron chi connectivity index (χ2n) is 2.99. The van der Waals surface area contributed by atoms with E-state index in [-0.39, 0.29) is 0 Å². The maximum absolute atomic E-state index is 7.50. The minimum atomic E-state index is -1.22. The molecule has 0 aromatic heterocycles. The van der Waals surface area contributed by atoms with Crippen LogP contribution in [-0.2, 0) is 43.8 Å². The number of hydrogen-bond acceptors (Lipinski definition) is 1. The first-order chi connectivity index (χ1) is 9.45. The Balaban J connectivity index is -0.0000000412. The molecule has 0 aromatic rings. The van der Waals surface area contributed by atoms with Crippen molar-refractivity contribution in [1.82, 2.24) is 0 Å². The summed E-state index contributed by atoms with van der Waals surface area (Å²) in [5, 5.41) is 0. The molecule has 0 saturated carbocycles. The van der Waals surface area contributed by atoms with Gasteiger partial charge in [0.05, 0.1) is 0 Å². The van der Waals surface area contributed by atoms with E-state index in [9.17, 15) is 0 Å². The molecular formula is C12H12CrO6Si. The van der Waals surface area contributed by atoms with Crippen LogP contribution in [-0.4, -0.2) is 19.7 Å². The summed E-state index contributed by atoms with van der Waals surface area (Å²) < 4.78 is 43.0.